The smallest absolute Gasteiger partial charge is 0.0459 e. The highest BCUT2D eigenvalue weighted by Crippen LogP contribution is 2.56. The lowest BCUT2D eigenvalue weighted by Gasteiger charge is -2.57. The predicted molar refractivity (Wildman–Crippen MR) is 65.3 cm³/mol. The van der Waals surface area contributed by atoms with E-state index in [1.54, 1.807) is 0 Å². The first-order chi connectivity index (χ1) is 7.82. The van der Waals surface area contributed by atoms with Gasteiger partial charge in [0.2, 0.25) is 0 Å². The molecule has 0 heterocycles. The van der Waals surface area contributed by atoms with Crippen LogP contribution in [-0.2, 0) is 0 Å². The lowest BCUT2D eigenvalue weighted by Crippen LogP contribution is -2.59. The van der Waals surface area contributed by atoms with E-state index in [9.17, 15) is 0 Å². The van der Waals surface area contributed by atoms with E-state index in [0.717, 1.165) is 17.5 Å². The minimum Gasteiger partial charge on any atom is -0.396 e. The monoisotopic (exact) mass is 223 g/mol. The molecule has 3 aliphatic carbocycles. The Kier molecular flexibility index (Phi) is 2.97. The highest BCUT2D eigenvalue weighted by atomic mass is 16.3. The van der Waals surface area contributed by atoms with Gasteiger partial charge in [-0.3, -0.25) is 0 Å². The van der Waals surface area contributed by atoms with Gasteiger partial charge in [-0.1, -0.05) is 6.42 Å². The molecular formula is C14H25NO. The minimum atomic E-state index is 0.403. The van der Waals surface area contributed by atoms with Crippen molar-refractivity contribution in [2.75, 3.05) is 6.61 Å². The summed E-state index contributed by atoms with van der Waals surface area (Å²) in [6.07, 6.45) is 12.4. The minimum absolute atomic E-state index is 0.403. The third-order valence-corrected chi connectivity index (χ3v) is 5.56. The van der Waals surface area contributed by atoms with Crippen molar-refractivity contribution in [2.24, 2.45) is 11.3 Å². The summed E-state index contributed by atoms with van der Waals surface area (Å²) in [5, 5.41) is 13.0. The van der Waals surface area contributed by atoms with Crippen molar-refractivity contribution in [1.82, 2.24) is 5.32 Å². The summed E-state index contributed by atoms with van der Waals surface area (Å²) < 4.78 is 0. The van der Waals surface area contributed by atoms with Crippen LogP contribution in [0.2, 0.25) is 0 Å². The van der Waals surface area contributed by atoms with E-state index in [2.05, 4.69) is 5.32 Å². The maximum Gasteiger partial charge on any atom is 0.0459 e. The van der Waals surface area contributed by atoms with Crippen LogP contribution in [0.4, 0.5) is 0 Å². The lowest BCUT2D eigenvalue weighted by atomic mass is 9.53. The number of nitrogens with one attached hydrogen (secondary N) is 1. The SMILES string of the molecule is OCC1CCC(NC2CCC23CCC3)CC1. The summed E-state index contributed by atoms with van der Waals surface area (Å²) in [5.74, 6) is 0.595. The second-order valence-corrected chi connectivity index (χ2v) is 6.37. The predicted octanol–water partition coefficient (Wildman–Crippen LogP) is 2.46. The van der Waals surface area contributed by atoms with E-state index < -0.39 is 0 Å². The zero-order valence-corrected chi connectivity index (χ0v) is 10.3. The molecule has 3 saturated carbocycles. The zero-order valence-electron chi connectivity index (χ0n) is 10.3. The normalized spacial score (nSPS) is 41.4. The fourth-order valence-corrected chi connectivity index (χ4v) is 3.98. The number of aliphatic hydroxyl groups is 1. The molecular weight excluding hydrogens is 198 g/mol. The van der Waals surface area contributed by atoms with Crippen LogP contribution in [0.25, 0.3) is 0 Å². The number of rotatable bonds is 3. The maximum absolute atomic E-state index is 9.13. The Morgan fingerprint density at radius 2 is 1.75 bits per heavy atom. The summed E-state index contributed by atoms with van der Waals surface area (Å²) in [5.41, 5.74) is 0.744. The molecule has 1 spiro atoms. The number of aliphatic hydroxyl groups excluding tert-OH is 1. The Labute approximate surface area is 98.8 Å². The summed E-state index contributed by atoms with van der Waals surface area (Å²) in [4.78, 5) is 0. The van der Waals surface area contributed by atoms with E-state index in [1.807, 2.05) is 0 Å². The molecule has 0 amide bonds. The average molecular weight is 223 g/mol. The van der Waals surface area contributed by atoms with Crippen molar-refractivity contribution in [3.8, 4) is 0 Å². The maximum atomic E-state index is 9.13. The number of hydrogen-bond donors (Lipinski definition) is 2. The van der Waals surface area contributed by atoms with Crippen LogP contribution in [0, 0.1) is 11.3 Å². The van der Waals surface area contributed by atoms with Gasteiger partial charge in [0.05, 0.1) is 0 Å². The van der Waals surface area contributed by atoms with Crippen LogP contribution in [0.3, 0.4) is 0 Å². The van der Waals surface area contributed by atoms with Crippen LogP contribution in [0.1, 0.15) is 57.8 Å². The van der Waals surface area contributed by atoms with Gasteiger partial charge >= 0.3 is 0 Å². The molecule has 0 bridgehead atoms. The summed E-state index contributed by atoms with van der Waals surface area (Å²) >= 11 is 0. The molecule has 2 nitrogen and oxygen atoms in total. The first-order valence-electron chi connectivity index (χ1n) is 7.19. The Morgan fingerprint density at radius 1 is 1.00 bits per heavy atom. The van der Waals surface area contributed by atoms with Crippen molar-refractivity contribution in [3.63, 3.8) is 0 Å². The molecule has 0 radical (unpaired) electrons. The molecule has 0 aliphatic heterocycles. The molecule has 3 rings (SSSR count). The second-order valence-electron chi connectivity index (χ2n) is 6.37. The van der Waals surface area contributed by atoms with Gasteiger partial charge in [0, 0.05) is 18.7 Å². The Morgan fingerprint density at radius 3 is 2.19 bits per heavy atom. The molecule has 0 aromatic heterocycles. The lowest BCUT2D eigenvalue weighted by molar-refractivity contribution is -0.0260. The second kappa shape index (κ2) is 4.30. The molecule has 92 valence electrons. The third-order valence-electron chi connectivity index (χ3n) is 5.56. The zero-order chi connectivity index (χ0) is 11.0. The van der Waals surface area contributed by atoms with Crippen LogP contribution in [-0.4, -0.2) is 23.8 Å². The van der Waals surface area contributed by atoms with Crippen molar-refractivity contribution >= 4 is 0 Å². The van der Waals surface area contributed by atoms with Gasteiger partial charge in [0.25, 0.3) is 0 Å². The van der Waals surface area contributed by atoms with Gasteiger partial charge in [0.15, 0.2) is 0 Å². The summed E-state index contributed by atoms with van der Waals surface area (Å²) in [7, 11) is 0. The molecule has 2 N–H and O–H groups in total. The highest BCUT2D eigenvalue weighted by Gasteiger charge is 2.50. The van der Waals surface area contributed by atoms with Crippen molar-refractivity contribution in [1.29, 1.82) is 0 Å². The van der Waals surface area contributed by atoms with E-state index in [-0.39, 0.29) is 0 Å². The quantitative estimate of drug-likeness (QED) is 0.770. The van der Waals surface area contributed by atoms with Crippen LogP contribution in [0.5, 0.6) is 0 Å². The molecule has 1 unspecified atom stereocenters. The van der Waals surface area contributed by atoms with E-state index >= 15 is 0 Å². The molecule has 2 heteroatoms. The molecule has 1 atom stereocenters. The fourth-order valence-electron chi connectivity index (χ4n) is 3.98. The topological polar surface area (TPSA) is 32.3 Å². The average Bonchev–Trinajstić information content (AvgIpc) is 2.23. The first-order valence-corrected chi connectivity index (χ1v) is 7.19. The Hall–Kier alpha value is -0.0800. The van der Waals surface area contributed by atoms with Crippen LogP contribution >= 0.6 is 0 Å². The largest absolute Gasteiger partial charge is 0.396 e. The molecule has 0 aromatic carbocycles. The van der Waals surface area contributed by atoms with Gasteiger partial charge in [-0.2, -0.15) is 0 Å². The molecule has 3 aliphatic rings. The number of hydrogen-bond acceptors (Lipinski definition) is 2. The summed E-state index contributed by atoms with van der Waals surface area (Å²) in [6, 6.07) is 1.60. The van der Waals surface area contributed by atoms with Crippen LogP contribution in [0.15, 0.2) is 0 Å². The van der Waals surface area contributed by atoms with Crippen LogP contribution < -0.4 is 5.32 Å². The van der Waals surface area contributed by atoms with Gasteiger partial charge in [-0.15, -0.1) is 0 Å². The third kappa shape index (κ3) is 1.80. The van der Waals surface area contributed by atoms with E-state index in [4.69, 9.17) is 5.11 Å². The fraction of sp³-hybridized carbons (Fsp3) is 1.00. The Bertz CT molecular complexity index is 236. The Balaban J connectivity index is 1.46. The van der Waals surface area contributed by atoms with Crippen molar-refractivity contribution in [3.05, 3.63) is 0 Å². The van der Waals surface area contributed by atoms with Crippen molar-refractivity contribution in [2.45, 2.75) is 69.9 Å². The standard InChI is InChI=1S/C14H25NO/c16-10-11-2-4-12(5-3-11)15-13-6-9-14(13)7-1-8-14/h11-13,15-16H,1-10H2. The van der Waals surface area contributed by atoms with Gasteiger partial charge in [-0.25, -0.2) is 0 Å². The molecule has 3 fully saturated rings. The first kappa shape index (κ1) is 11.0. The van der Waals surface area contributed by atoms with E-state index in [0.29, 0.717) is 12.5 Å². The molecule has 0 saturated heterocycles. The molecule has 0 aromatic rings. The van der Waals surface area contributed by atoms with E-state index in [1.165, 1.54) is 57.8 Å². The highest BCUT2D eigenvalue weighted by molar-refractivity contribution is 5.06. The molecule has 16 heavy (non-hydrogen) atoms. The van der Waals surface area contributed by atoms with Gasteiger partial charge < -0.3 is 10.4 Å². The van der Waals surface area contributed by atoms with Crippen molar-refractivity contribution < 1.29 is 5.11 Å². The van der Waals surface area contributed by atoms with Gasteiger partial charge in [0.1, 0.15) is 0 Å². The van der Waals surface area contributed by atoms with Gasteiger partial charge in [-0.05, 0) is 62.7 Å². The summed E-state index contributed by atoms with van der Waals surface area (Å²) in [6.45, 7) is 0.403.